The maximum Gasteiger partial charge on any atom is 0.244 e. The number of H-pyrrole nitrogens is 1. The van der Waals surface area contributed by atoms with Crippen molar-refractivity contribution >= 4 is 10.0 Å². The van der Waals surface area contributed by atoms with E-state index in [4.69, 9.17) is 9.84 Å². The van der Waals surface area contributed by atoms with Crippen LogP contribution in [0.25, 0.3) is 0 Å². The molecule has 1 heterocycles. The molecule has 0 spiro atoms. The molecule has 7 heteroatoms. The fourth-order valence-corrected chi connectivity index (χ4v) is 2.77. The molecule has 0 saturated heterocycles. The smallest absolute Gasteiger partial charge is 0.244 e. The highest BCUT2D eigenvalue weighted by Gasteiger charge is 2.26. The lowest BCUT2D eigenvalue weighted by Gasteiger charge is -2.22. The summed E-state index contributed by atoms with van der Waals surface area (Å²) in [6.45, 7) is 1.88. The van der Waals surface area contributed by atoms with E-state index in [9.17, 15) is 8.42 Å². The van der Waals surface area contributed by atoms with Crippen LogP contribution in [-0.2, 0) is 21.4 Å². The van der Waals surface area contributed by atoms with Gasteiger partial charge in [-0.2, -0.15) is 4.31 Å². The van der Waals surface area contributed by atoms with Crippen molar-refractivity contribution in [1.82, 2.24) is 9.29 Å². The molecule has 0 aliphatic heterocycles. The van der Waals surface area contributed by atoms with E-state index in [-0.39, 0.29) is 17.5 Å². The van der Waals surface area contributed by atoms with Gasteiger partial charge in [-0.1, -0.05) is 0 Å². The number of likely N-dealkylation sites (N-methyl/N-ethyl adjacent to an activating group) is 1. The van der Waals surface area contributed by atoms with Gasteiger partial charge in [0.25, 0.3) is 0 Å². The Bertz CT molecular complexity index is 455. The molecule has 0 saturated carbocycles. The van der Waals surface area contributed by atoms with E-state index in [2.05, 4.69) is 4.98 Å². The van der Waals surface area contributed by atoms with Gasteiger partial charge in [0, 0.05) is 32.1 Å². The molecule has 1 aromatic heterocycles. The number of hydrogen-bond donors (Lipinski definition) is 2. The summed E-state index contributed by atoms with van der Waals surface area (Å²) in [5.74, 6) is 0. The minimum absolute atomic E-state index is 0.145. The summed E-state index contributed by atoms with van der Waals surface area (Å²) < 4.78 is 30.5. The number of nitrogens with zero attached hydrogens (tertiary/aromatic N) is 1. The Hall–Kier alpha value is -0.890. The quantitative estimate of drug-likeness (QED) is 0.765. The van der Waals surface area contributed by atoms with E-state index in [1.54, 1.807) is 6.92 Å². The first kappa shape index (κ1) is 14.2. The fraction of sp³-hybridized carbons (Fsp3) is 0.600. The molecule has 0 aromatic carbocycles. The molecule has 0 fully saturated rings. The topological polar surface area (TPSA) is 82.6 Å². The van der Waals surface area contributed by atoms with Crippen molar-refractivity contribution in [2.45, 2.75) is 24.5 Å². The Morgan fingerprint density at radius 3 is 2.71 bits per heavy atom. The summed E-state index contributed by atoms with van der Waals surface area (Å²) in [6, 6.07) is 1.17. The van der Waals surface area contributed by atoms with Crippen LogP contribution >= 0.6 is 0 Å². The highest BCUT2D eigenvalue weighted by molar-refractivity contribution is 7.89. The van der Waals surface area contributed by atoms with Crippen LogP contribution in [0.1, 0.15) is 12.6 Å². The van der Waals surface area contributed by atoms with E-state index in [0.717, 1.165) is 0 Å². The SMILES string of the molecule is COCC(C)N(C)S(=O)(=O)c1c[nH]c(CO)c1. The summed E-state index contributed by atoms with van der Waals surface area (Å²) >= 11 is 0. The second-order valence-corrected chi connectivity index (χ2v) is 5.84. The Labute approximate surface area is 101 Å². The second kappa shape index (κ2) is 5.63. The summed E-state index contributed by atoms with van der Waals surface area (Å²) in [5.41, 5.74) is 0.469. The molecule has 1 atom stereocenters. The number of sulfonamides is 1. The van der Waals surface area contributed by atoms with E-state index in [1.165, 1.54) is 30.7 Å². The third kappa shape index (κ3) is 3.06. The number of aromatic amines is 1. The lowest BCUT2D eigenvalue weighted by molar-refractivity contribution is 0.149. The first-order valence-electron chi connectivity index (χ1n) is 5.18. The lowest BCUT2D eigenvalue weighted by atomic mass is 10.4. The van der Waals surface area contributed by atoms with Crippen LogP contribution in [0, 0.1) is 0 Å². The van der Waals surface area contributed by atoms with Gasteiger partial charge < -0.3 is 14.8 Å². The van der Waals surface area contributed by atoms with Crippen LogP contribution in [0.4, 0.5) is 0 Å². The molecular formula is C10H18N2O4S. The molecule has 0 radical (unpaired) electrons. The zero-order valence-corrected chi connectivity index (χ0v) is 11.0. The predicted octanol–water partition coefficient (Wildman–Crippen LogP) is 0.162. The van der Waals surface area contributed by atoms with E-state index >= 15 is 0 Å². The van der Waals surface area contributed by atoms with Crippen LogP contribution in [0.3, 0.4) is 0 Å². The van der Waals surface area contributed by atoms with Gasteiger partial charge in [-0.15, -0.1) is 0 Å². The van der Waals surface area contributed by atoms with Gasteiger partial charge in [0.05, 0.1) is 18.1 Å². The molecule has 1 aromatic rings. The highest BCUT2D eigenvalue weighted by Crippen LogP contribution is 2.17. The van der Waals surface area contributed by atoms with Crippen molar-refractivity contribution in [3.8, 4) is 0 Å². The molecule has 0 bridgehead atoms. The number of rotatable bonds is 6. The van der Waals surface area contributed by atoms with Gasteiger partial charge in [0.15, 0.2) is 0 Å². The minimum Gasteiger partial charge on any atom is -0.390 e. The van der Waals surface area contributed by atoms with Crippen LogP contribution in [-0.4, -0.2) is 49.6 Å². The maximum absolute atomic E-state index is 12.1. The Morgan fingerprint density at radius 2 is 2.24 bits per heavy atom. The molecule has 1 unspecified atom stereocenters. The molecule has 0 amide bonds. The first-order valence-corrected chi connectivity index (χ1v) is 6.62. The minimum atomic E-state index is -3.54. The summed E-state index contributed by atoms with van der Waals surface area (Å²) in [5, 5.41) is 8.89. The number of nitrogens with one attached hydrogen (secondary N) is 1. The van der Waals surface area contributed by atoms with E-state index < -0.39 is 10.0 Å². The third-order valence-corrected chi connectivity index (χ3v) is 4.54. The zero-order valence-electron chi connectivity index (χ0n) is 10.2. The average molecular weight is 262 g/mol. The van der Waals surface area contributed by atoms with Gasteiger partial charge in [0.2, 0.25) is 10.0 Å². The molecule has 0 aliphatic rings. The number of aliphatic hydroxyl groups excluding tert-OH is 1. The van der Waals surface area contributed by atoms with Crippen molar-refractivity contribution in [2.75, 3.05) is 20.8 Å². The van der Waals surface area contributed by atoms with E-state index in [1.807, 2.05) is 0 Å². The number of aromatic nitrogens is 1. The van der Waals surface area contributed by atoms with Gasteiger partial charge in [0.1, 0.15) is 0 Å². The number of aliphatic hydroxyl groups is 1. The van der Waals surface area contributed by atoms with Crippen molar-refractivity contribution in [3.05, 3.63) is 18.0 Å². The lowest BCUT2D eigenvalue weighted by Crippen LogP contribution is -2.37. The average Bonchev–Trinajstić information content (AvgIpc) is 2.77. The van der Waals surface area contributed by atoms with Gasteiger partial charge in [-0.25, -0.2) is 8.42 Å². The van der Waals surface area contributed by atoms with E-state index in [0.29, 0.717) is 12.3 Å². The molecule has 1 rings (SSSR count). The normalized spacial score (nSPS) is 14.2. The molecular weight excluding hydrogens is 244 g/mol. The maximum atomic E-state index is 12.1. The first-order chi connectivity index (χ1) is 7.93. The number of ether oxygens (including phenoxy) is 1. The largest absolute Gasteiger partial charge is 0.390 e. The standard InChI is InChI=1S/C10H18N2O4S/c1-8(7-16-3)12(2)17(14,15)10-4-9(6-13)11-5-10/h4-5,8,11,13H,6-7H2,1-3H3. The molecule has 0 aliphatic carbocycles. The predicted molar refractivity (Wildman–Crippen MR) is 63.0 cm³/mol. The van der Waals surface area contributed by atoms with Crippen molar-refractivity contribution < 1.29 is 18.3 Å². The molecule has 6 nitrogen and oxygen atoms in total. The Balaban J connectivity index is 2.94. The summed E-state index contributed by atoms with van der Waals surface area (Å²) in [6.07, 6.45) is 1.37. The molecule has 2 N–H and O–H groups in total. The monoisotopic (exact) mass is 262 g/mol. The number of hydrogen-bond acceptors (Lipinski definition) is 4. The molecule has 98 valence electrons. The third-order valence-electron chi connectivity index (χ3n) is 2.59. The van der Waals surface area contributed by atoms with Crippen LogP contribution < -0.4 is 0 Å². The van der Waals surface area contributed by atoms with Crippen molar-refractivity contribution in [2.24, 2.45) is 0 Å². The zero-order chi connectivity index (χ0) is 13.1. The summed E-state index contributed by atoms with van der Waals surface area (Å²) in [7, 11) is -0.509. The second-order valence-electron chi connectivity index (χ2n) is 3.84. The van der Waals surface area contributed by atoms with Crippen LogP contribution in [0.2, 0.25) is 0 Å². The highest BCUT2D eigenvalue weighted by atomic mass is 32.2. The Kier molecular flexibility index (Phi) is 4.70. The van der Waals surface area contributed by atoms with Crippen LogP contribution in [0.5, 0.6) is 0 Å². The van der Waals surface area contributed by atoms with Crippen LogP contribution in [0.15, 0.2) is 17.2 Å². The Morgan fingerprint density at radius 1 is 1.59 bits per heavy atom. The van der Waals surface area contributed by atoms with Gasteiger partial charge in [-0.05, 0) is 13.0 Å². The van der Waals surface area contributed by atoms with Gasteiger partial charge in [-0.3, -0.25) is 0 Å². The van der Waals surface area contributed by atoms with Crippen molar-refractivity contribution in [3.63, 3.8) is 0 Å². The van der Waals surface area contributed by atoms with Gasteiger partial charge >= 0.3 is 0 Å². The number of methoxy groups -OCH3 is 1. The fourth-order valence-electron chi connectivity index (χ4n) is 1.41. The van der Waals surface area contributed by atoms with Crippen molar-refractivity contribution in [1.29, 1.82) is 0 Å². The molecule has 17 heavy (non-hydrogen) atoms. The summed E-state index contributed by atoms with van der Waals surface area (Å²) in [4.78, 5) is 2.85.